The Labute approximate surface area is 105 Å². The lowest BCUT2D eigenvalue weighted by Crippen LogP contribution is -2.10. The van der Waals surface area contributed by atoms with Crippen molar-refractivity contribution in [2.45, 2.75) is 6.10 Å². The van der Waals surface area contributed by atoms with Gasteiger partial charge in [0.15, 0.2) is 0 Å². The summed E-state index contributed by atoms with van der Waals surface area (Å²) in [6, 6.07) is 12.7. The highest BCUT2D eigenvalue weighted by molar-refractivity contribution is 5.41. The van der Waals surface area contributed by atoms with E-state index in [2.05, 4.69) is 0 Å². The SMILES string of the molecule is Nc1cccc(C(O)COc2cccc(F)c2)c1. The van der Waals surface area contributed by atoms with Crippen molar-refractivity contribution in [2.24, 2.45) is 0 Å². The minimum atomic E-state index is -0.795. The average Bonchev–Trinajstić information content (AvgIpc) is 2.36. The van der Waals surface area contributed by atoms with Crippen molar-refractivity contribution in [1.29, 1.82) is 0 Å². The Kier molecular flexibility index (Phi) is 3.79. The van der Waals surface area contributed by atoms with E-state index in [0.29, 0.717) is 17.0 Å². The number of aliphatic hydroxyl groups is 1. The molecule has 0 spiro atoms. The van der Waals surface area contributed by atoms with Gasteiger partial charge in [-0.2, -0.15) is 0 Å². The van der Waals surface area contributed by atoms with E-state index in [1.165, 1.54) is 12.1 Å². The first-order valence-electron chi connectivity index (χ1n) is 5.57. The van der Waals surface area contributed by atoms with Gasteiger partial charge in [0.25, 0.3) is 0 Å². The van der Waals surface area contributed by atoms with E-state index in [0.717, 1.165) is 0 Å². The van der Waals surface area contributed by atoms with Crippen LogP contribution in [0.25, 0.3) is 0 Å². The Bertz CT molecular complexity index is 531. The fraction of sp³-hybridized carbons (Fsp3) is 0.143. The minimum Gasteiger partial charge on any atom is -0.490 e. The lowest BCUT2D eigenvalue weighted by molar-refractivity contribution is 0.108. The summed E-state index contributed by atoms with van der Waals surface area (Å²) in [5.74, 6) is 0.0175. The van der Waals surface area contributed by atoms with Crippen molar-refractivity contribution < 1.29 is 14.2 Å². The molecule has 94 valence electrons. The van der Waals surface area contributed by atoms with Crippen LogP contribution in [0, 0.1) is 5.82 Å². The van der Waals surface area contributed by atoms with Gasteiger partial charge in [-0.1, -0.05) is 18.2 Å². The van der Waals surface area contributed by atoms with E-state index in [-0.39, 0.29) is 12.4 Å². The highest BCUT2D eigenvalue weighted by Gasteiger charge is 2.08. The Balaban J connectivity index is 1.98. The maximum atomic E-state index is 12.9. The summed E-state index contributed by atoms with van der Waals surface area (Å²) in [5, 5.41) is 9.90. The summed E-state index contributed by atoms with van der Waals surface area (Å²) in [5.41, 5.74) is 6.88. The van der Waals surface area contributed by atoms with E-state index in [9.17, 15) is 9.50 Å². The third-order valence-corrected chi connectivity index (χ3v) is 2.50. The molecule has 1 unspecified atom stereocenters. The van der Waals surface area contributed by atoms with Crippen LogP contribution in [0.2, 0.25) is 0 Å². The van der Waals surface area contributed by atoms with Crippen molar-refractivity contribution in [3.8, 4) is 5.75 Å². The first-order chi connectivity index (χ1) is 8.65. The average molecular weight is 247 g/mol. The van der Waals surface area contributed by atoms with Crippen LogP contribution < -0.4 is 10.5 Å². The van der Waals surface area contributed by atoms with Gasteiger partial charge in [0.2, 0.25) is 0 Å². The van der Waals surface area contributed by atoms with E-state index >= 15 is 0 Å². The molecular formula is C14H14FNO2. The molecule has 0 saturated heterocycles. The van der Waals surface area contributed by atoms with Gasteiger partial charge in [0, 0.05) is 11.8 Å². The number of hydrogen-bond acceptors (Lipinski definition) is 3. The van der Waals surface area contributed by atoms with Crippen LogP contribution in [-0.2, 0) is 0 Å². The summed E-state index contributed by atoms with van der Waals surface area (Å²) in [6.07, 6.45) is -0.795. The largest absolute Gasteiger partial charge is 0.490 e. The van der Waals surface area contributed by atoms with E-state index in [1.54, 1.807) is 36.4 Å². The second-order valence-electron chi connectivity index (χ2n) is 3.95. The van der Waals surface area contributed by atoms with E-state index in [4.69, 9.17) is 10.5 Å². The highest BCUT2D eigenvalue weighted by Crippen LogP contribution is 2.18. The highest BCUT2D eigenvalue weighted by atomic mass is 19.1. The Morgan fingerprint density at radius 1 is 1.17 bits per heavy atom. The van der Waals surface area contributed by atoms with E-state index in [1.807, 2.05) is 0 Å². The standard InChI is InChI=1S/C14H14FNO2/c15-11-4-2-6-13(8-11)18-9-14(17)10-3-1-5-12(16)7-10/h1-8,14,17H,9,16H2. The molecule has 2 aromatic rings. The van der Waals surface area contributed by atoms with Crippen LogP contribution in [0.15, 0.2) is 48.5 Å². The summed E-state index contributed by atoms with van der Waals surface area (Å²) in [7, 11) is 0. The fourth-order valence-corrected chi connectivity index (χ4v) is 1.59. The van der Waals surface area contributed by atoms with Gasteiger partial charge in [-0.25, -0.2) is 4.39 Å². The van der Waals surface area contributed by atoms with Crippen molar-refractivity contribution in [2.75, 3.05) is 12.3 Å². The number of nitrogen functional groups attached to an aromatic ring is 1. The molecule has 0 saturated carbocycles. The predicted molar refractivity (Wildman–Crippen MR) is 67.7 cm³/mol. The molecular weight excluding hydrogens is 233 g/mol. The van der Waals surface area contributed by atoms with Gasteiger partial charge in [-0.15, -0.1) is 0 Å². The first-order valence-corrected chi connectivity index (χ1v) is 5.57. The molecule has 4 heteroatoms. The van der Waals surface area contributed by atoms with Crippen LogP contribution in [0.5, 0.6) is 5.75 Å². The summed E-state index contributed by atoms with van der Waals surface area (Å²) >= 11 is 0. The van der Waals surface area contributed by atoms with E-state index < -0.39 is 6.10 Å². The Morgan fingerprint density at radius 2 is 1.94 bits per heavy atom. The lowest BCUT2D eigenvalue weighted by Gasteiger charge is -2.13. The normalized spacial score (nSPS) is 12.1. The van der Waals surface area contributed by atoms with Gasteiger partial charge < -0.3 is 15.6 Å². The summed E-state index contributed by atoms with van der Waals surface area (Å²) in [6.45, 7) is 0.0485. The third-order valence-electron chi connectivity index (χ3n) is 2.50. The predicted octanol–water partition coefficient (Wildman–Crippen LogP) is 2.52. The molecule has 0 heterocycles. The van der Waals surface area contributed by atoms with Crippen molar-refractivity contribution in [3.63, 3.8) is 0 Å². The molecule has 0 radical (unpaired) electrons. The monoisotopic (exact) mass is 247 g/mol. The number of ether oxygens (including phenoxy) is 1. The lowest BCUT2D eigenvalue weighted by atomic mass is 10.1. The zero-order valence-corrected chi connectivity index (χ0v) is 9.71. The van der Waals surface area contributed by atoms with Crippen LogP contribution in [0.1, 0.15) is 11.7 Å². The first kappa shape index (κ1) is 12.4. The zero-order chi connectivity index (χ0) is 13.0. The molecule has 1 atom stereocenters. The van der Waals surface area contributed by atoms with Crippen LogP contribution in [0.4, 0.5) is 10.1 Å². The van der Waals surface area contributed by atoms with Crippen molar-refractivity contribution in [1.82, 2.24) is 0 Å². The number of nitrogens with two attached hydrogens (primary N) is 1. The molecule has 18 heavy (non-hydrogen) atoms. The molecule has 3 N–H and O–H groups in total. The molecule has 2 aromatic carbocycles. The Hall–Kier alpha value is -2.07. The molecule has 0 amide bonds. The third kappa shape index (κ3) is 3.21. The second kappa shape index (κ2) is 5.51. The molecule has 0 bridgehead atoms. The number of halogens is 1. The molecule has 0 fully saturated rings. The molecule has 3 nitrogen and oxygen atoms in total. The maximum Gasteiger partial charge on any atom is 0.126 e. The number of hydrogen-bond donors (Lipinski definition) is 2. The number of aliphatic hydroxyl groups excluding tert-OH is 1. The quantitative estimate of drug-likeness (QED) is 0.816. The Morgan fingerprint density at radius 3 is 2.67 bits per heavy atom. The number of rotatable bonds is 4. The molecule has 0 aliphatic carbocycles. The van der Waals surface area contributed by atoms with Crippen molar-refractivity contribution >= 4 is 5.69 Å². The number of anilines is 1. The fourth-order valence-electron chi connectivity index (χ4n) is 1.59. The van der Waals surface area contributed by atoms with Crippen molar-refractivity contribution in [3.05, 3.63) is 59.9 Å². The molecule has 0 aliphatic rings. The molecule has 0 aliphatic heterocycles. The molecule has 0 aromatic heterocycles. The second-order valence-corrected chi connectivity index (χ2v) is 3.95. The van der Waals surface area contributed by atoms with Gasteiger partial charge in [0.05, 0.1) is 0 Å². The topological polar surface area (TPSA) is 55.5 Å². The van der Waals surface area contributed by atoms with Gasteiger partial charge in [-0.3, -0.25) is 0 Å². The number of benzene rings is 2. The molecule has 2 rings (SSSR count). The summed E-state index contributed by atoms with van der Waals surface area (Å²) in [4.78, 5) is 0. The smallest absolute Gasteiger partial charge is 0.126 e. The zero-order valence-electron chi connectivity index (χ0n) is 9.71. The van der Waals surface area contributed by atoms with Crippen LogP contribution in [0.3, 0.4) is 0 Å². The van der Waals surface area contributed by atoms with Gasteiger partial charge in [0.1, 0.15) is 24.3 Å². The maximum absolute atomic E-state index is 12.9. The van der Waals surface area contributed by atoms with Crippen LogP contribution >= 0.6 is 0 Å². The van der Waals surface area contributed by atoms with Gasteiger partial charge >= 0.3 is 0 Å². The summed E-state index contributed by atoms with van der Waals surface area (Å²) < 4.78 is 18.2. The van der Waals surface area contributed by atoms with Crippen LogP contribution in [-0.4, -0.2) is 11.7 Å². The van der Waals surface area contributed by atoms with Gasteiger partial charge in [-0.05, 0) is 29.8 Å². The minimum absolute atomic E-state index is 0.0485.